The molecule has 3 aromatic carbocycles. The highest BCUT2D eigenvalue weighted by Crippen LogP contribution is 2.31. The SMILES string of the molecule is CC[C@H](NC(=O)[C@H](C)NC)C(=O)N[C@@H](CCNC(=O)c1cccc(C(=O)N[C@H]2C[C@@H](C(=O)N[C@@H]3CCCc4ccccc43)N(C(=O)[C@@H](NC(=O)[C@H](C)NC)C(C)(C)C)C2)c1)C(=O)N[C@H](C)c1ccccc1. The van der Waals surface area contributed by atoms with E-state index in [-0.39, 0.29) is 67.2 Å². The van der Waals surface area contributed by atoms with Gasteiger partial charge in [0.05, 0.1) is 24.2 Å². The van der Waals surface area contributed by atoms with E-state index in [1.807, 2.05) is 76.2 Å². The summed E-state index contributed by atoms with van der Waals surface area (Å²) in [6.45, 7) is 12.4. The van der Waals surface area contributed by atoms with E-state index < -0.39 is 83.3 Å². The number of carbonyl (C=O) groups excluding carboxylic acids is 8. The Morgan fingerprint density at radius 2 is 1.30 bits per heavy atom. The third-order valence-corrected chi connectivity index (χ3v) is 13.4. The van der Waals surface area contributed by atoms with Gasteiger partial charge in [0.1, 0.15) is 24.2 Å². The van der Waals surface area contributed by atoms with Gasteiger partial charge in [0.25, 0.3) is 11.8 Å². The van der Waals surface area contributed by atoms with Gasteiger partial charge in [-0.2, -0.15) is 0 Å². The Morgan fingerprint density at radius 1 is 0.690 bits per heavy atom. The Morgan fingerprint density at radius 3 is 1.94 bits per heavy atom. The van der Waals surface area contributed by atoms with Crippen LogP contribution in [0, 0.1) is 5.41 Å². The summed E-state index contributed by atoms with van der Waals surface area (Å²) in [6, 6.07) is 16.9. The predicted octanol–water partition coefficient (Wildman–Crippen LogP) is 2.70. The number of rotatable bonds is 21. The van der Waals surface area contributed by atoms with Gasteiger partial charge in [-0.1, -0.05) is 88.4 Å². The molecule has 1 aliphatic carbocycles. The van der Waals surface area contributed by atoms with Crippen molar-refractivity contribution >= 4 is 47.3 Å². The minimum atomic E-state index is -1.09. The maximum Gasteiger partial charge on any atom is 0.251 e. The number of benzene rings is 3. The third-order valence-electron chi connectivity index (χ3n) is 13.4. The van der Waals surface area contributed by atoms with E-state index in [2.05, 4.69) is 53.9 Å². The molecule has 0 unspecified atom stereocenters. The predicted molar refractivity (Wildman–Crippen MR) is 271 cm³/mol. The molecule has 5 rings (SSSR count). The Labute approximate surface area is 417 Å². The fourth-order valence-electron chi connectivity index (χ4n) is 8.78. The number of amides is 8. The second kappa shape index (κ2) is 25.5. The molecule has 0 bridgehead atoms. The van der Waals surface area contributed by atoms with Crippen molar-refractivity contribution in [2.24, 2.45) is 5.41 Å². The maximum atomic E-state index is 14.6. The Bertz CT molecular complexity index is 2370. The van der Waals surface area contributed by atoms with Crippen LogP contribution in [0.25, 0.3) is 0 Å². The first-order chi connectivity index (χ1) is 33.7. The van der Waals surface area contributed by atoms with Crippen LogP contribution in [-0.4, -0.2) is 122 Å². The molecule has 9 atom stereocenters. The highest BCUT2D eigenvalue weighted by atomic mass is 16.2. The maximum absolute atomic E-state index is 14.6. The molecule has 18 nitrogen and oxygen atoms in total. The quantitative estimate of drug-likeness (QED) is 0.0756. The van der Waals surface area contributed by atoms with E-state index in [9.17, 15) is 38.4 Å². The van der Waals surface area contributed by atoms with Gasteiger partial charge in [0.15, 0.2) is 0 Å². The van der Waals surface area contributed by atoms with Crippen LogP contribution >= 0.6 is 0 Å². The monoisotopic (exact) mass is 979 g/mol. The second-order valence-corrected chi connectivity index (χ2v) is 19.7. The van der Waals surface area contributed by atoms with Crippen LogP contribution in [0.15, 0.2) is 78.9 Å². The molecule has 71 heavy (non-hydrogen) atoms. The lowest BCUT2D eigenvalue weighted by Gasteiger charge is -2.36. The van der Waals surface area contributed by atoms with Crippen LogP contribution in [0.3, 0.4) is 0 Å². The third kappa shape index (κ3) is 14.9. The first-order valence-electron chi connectivity index (χ1n) is 24.7. The Balaban J connectivity index is 1.29. The fraction of sp³-hybridized carbons (Fsp3) is 0.509. The number of nitrogens with one attached hydrogen (secondary N) is 9. The number of hydrogen-bond acceptors (Lipinski definition) is 10. The molecule has 3 aromatic rings. The van der Waals surface area contributed by atoms with Crippen molar-refractivity contribution in [2.75, 3.05) is 27.2 Å². The van der Waals surface area contributed by atoms with Gasteiger partial charge in [-0.3, -0.25) is 38.4 Å². The standard InChI is InChI=1S/C53H74N10O8/c1-10-40(59-45(64)32(3)54-8)49(68)61-42(50(69)57-31(2)34-18-12-11-13-19-34)26-27-56-47(66)36-22-16-23-37(28-36)48(67)58-38-29-43(51(70)60-41-25-17-21-35-20-14-15-24-39(35)41)63(30-38)52(71)44(53(5,6)7)62-46(65)33(4)55-9/h11-16,18-20,22-24,28,31-33,38,40-44,54-55H,10,17,21,25-27,29-30H2,1-9H3,(H,56,66)(H,57,69)(H,58,67)(H,59,64)(H,60,70)(H,61,68)(H,62,65)/t31-,32+,33+,38+,40+,41-,42+,43+,44-/m1/s1. The lowest BCUT2D eigenvalue weighted by atomic mass is 9.85. The molecular weight excluding hydrogens is 905 g/mol. The van der Waals surface area contributed by atoms with Gasteiger partial charge >= 0.3 is 0 Å². The van der Waals surface area contributed by atoms with Gasteiger partial charge in [-0.05, 0) is 114 Å². The zero-order chi connectivity index (χ0) is 52.0. The minimum Gasteiger partial charge on any atom is -0.352 e. The summed E-state index contributed by atoms with van der Waals surface area (Å²) in [5, 5.41) is 26.1. The van der Waals surface area contributed by atoms with Crippen molar-refractivity contribution < 1.29 is 38.4 Å². The van der Waals surface area contributed by atoms with Crippen LogP contribution in [0.5, 0.6) is 0 Å². The molecule has 0 radical (unpaired) electrons. The summed E-state index contributed by atoms with van der Waals surface area (Å²) in [7, 11) is 3.28. The smallest absolute Gasteiger partial charge is 0.251 e. The fourth-order valence-corrected chi connectivity index (χ4v) is 8.78. The highest BCUT2D eigenvalue weighted by Gasteiger charge is 2.46. The number of fused-ring (bicyclic) bond motifs is 1. The molecular formula is C53H74N10O8. The van der Waals surface area contributed by atoms with Gasteiger partial charge in [0, 0.05) is 30.3 Å². The molecule has 8 amide bonds. The first-order valence-corrected chi connectivity index (χ1v) is 24.7. The number of nitrogens with zero attached hydrogens (tertiary/aromatic N) is 1. The van der Waals surface area contributed by atoms with Crippen LogP contribution < -0.4 is 47.9 Å². The molecule has 18 heteroatoms. The summed E-state index contributed by atoms with van der Waals surface area (Å²) in [5.41, 5.74) is 2.61. The van der Waals surface area contributed by atoms with Gasteiger partial charge in [-0.25, -0.2) is 0 Å². The highest BCUT2D eigenvalue weighted by molar-refractivity contribution is 6.00. The van der Waals surface area contributed by atoms with Crippen molar-refractivity contribution in [1.29, 1.82) is 0 Å². The van der Waals surface area contributed by atoms with E-state index in [0.29, 0.717) is 0 Å². The van der Waals surface area contributed by atoms with Crippen molar-refractivity contribution in [1.82, 2.24) is 52.8 Å². The van der Waals surface area contributed by atoms with Gasteiger partial charge in [-0.15, -0.1) is 0 Å². The summed E-state index contributed by atoms with van der Waals surface area (Å²) < 4.78 is 0. The van der Waals surface area contributed by atoms with E-state index >= 15 is 0 Å². The van der Waals surface area contributed by atoms with Crippen LogP contribution in [0.4, 0.5) is 0 Å². The van der Waals surface area contributed by atoms with Gasteiger partial charge < -0.3 is 52.8 Å². The molecule has 0 aromatic heterocycles. The largest absolute Gasteiger partial charge is 0.352 e. The normalized spacial score (nSPS) is 19.0. The average Bonchev–Trinajstić information content (AvgIpc) is 3.79. The average molecular weight is 979 g/mol. The molecule has 1 aliphatic heterocycles. The molecule has 1 saturated heterocycles. The Kier molecular flexibility index (Phi) is 19.8. The number of carbonyl (C=O) groups is 8. The summed E-state index contributed by atoms with van der Waals surface area (Å²) >= 11 is 0. The molecule has 1 fully saturated rings. The number of hydrogen-bond donors (Lipinski definition) is 9. The minimum absolute atomic E-state index is 0.00449. The first kappa shape index (κ1) is 55.3. The zero-order valence-electron chi connectivity index (χ0n) is 42.6. The molecule has 0 saturated carbocycles. The Hall–Kier alpha value is -6.66. The number of aryl methyl sites for hydroxylation is 1. The number of likely N-dealkylation sites (tertiary alicyclic amines) is 1. The van der Waals surface area contributed by atoms with E-state index in [0.717, 1.165) is 36.0 Å². The second-order valence-electron chi connectivity index (χ2n) is 19.7. The molecule has 1 heterocycles. The topological polar surface area (TPSA) is 248 Å². The van der Waals surface area contributed by atoms with Crippen molar-refractivity contribution in [3.8, 4) is 0 Å². The summed E-state index contributed by atoms with van der Waals surface area (Å²) in [5.74, 6) is -3.67. The molecule has 2 aliphatic rings. The lowest BCUT2D eigenvalue weighted by molar-refractivity contribution is -0.144. The van der Waals surface area contributed by atoms with Crippen LogP contribution in [-0.2, 0) is 35.2 Å². The van der Waals surface area contributed by atoms with E-state index in [4.69, 9.17) is 0 Å². The molecule has 0 spiro atoms. The van der Waals surface area contributed by atoms with Crippen LogP contribution in [0.1, 0.15) is 130 Å². The van der Waals surface area contributed by atoms with Crippen molar-refractivity contribution in [2.45, 2.75) is 141 Å². The summed E-state index contributed by atoms with van der Waals surface area (Å²) in [4.78, 5) is 111. The molecule has 9 N–H and O–H groups in total. The lowest BCUT2D eigenvalue weighted by Crippen LogP contribution is -2.59. The summed E-state index contributed by atoms with van der Waals surface area (Å²) in [6.07, 6.45) is 2.88. The number of likely N-dealkylation sites (N-methyl/N-ethyl adjacent to an activating group) is 2. The van der Waals surface area contributed by atoms with Crippen molar-refractivity contribution in [3.63, 3.8) is 0 Å². The van der Waals surface area contributed by atoms with Gasteiger partial charge in [0.2, 0.25) is 35.4 Å². The van der Waals surface area contributed by atoms with Crippen LogP contribution in [0.2, 0.25) is 0 Å². The van der Waals surface area contributed by atoms with Crippen molar-refractivity contribution in [3.05, 3.63) is 107 Å². The zero-order valence-corrected chi connectivity index (χ0v) is 42.6. The van der Waals surface area contributed by atoms with E-state index in [1.165, 1.54) is 17.0 Å². The van der Waals surface area contributed by atoms with E-state index in [1.54, 1.807) is 47.0 Å². The molecule has 384 valence electrons.